The van der Waals surface area contributed by atoms with Gasteiger partial charge in [-0.05, 0) is 32.0 Å². The molecule has 1 aromatic carbocycles. The topological polar surface area (TPSA) is 105 Å². The average Bonchev–Trinajstić information content (AvgIpc) is 3.09. The maximum atomic E-state index is 12.9. The summed E-state index contributed by atoms with van der Waals surface area (Å²) in [4.78, 5) is 41.7. The van der Waals surface area contributed by atoms with Crippen LogP contribution < -0.4 is 5.56 Å². The molecule has 0 saturated heterocycles. The zero-order valence-electron chi connectivity index (χ0n) is 15.2. The molecule has 2 aromatic heterocycles. The predicted molar refractivity (Wildman–Crippen MR) is 100 cm³/mol. The lowest BCUT2D eigenvalue weighted by Crippen LogP contribution is -2.37. The zero-order chi connectivity index (χ0) is 20.3. The van der Waals surface area contributed by atoms with E-state index in [1.165, 1.54) is 10.9 Å². The molecule has 0 saturated carbocycles. The highest BCUT2D eigenvalue weighted by atomic mass is 35.5. The molecule has 0 aliphatic rings. The fourth-order valence-corrected chi connectivity index (χ4v) is 2.86. The number of ether oxygens (including phenoxy) is 2. The van der Waals surface area contributed by atoms with E-state index in [1.807, 2.05) is 0 Å². The molecule has 0 atom stereocenters. The Labute approximate surface area is 164 Å². The van der Waals surface area contributed by atoms with Gasteiger partial charge in [-0.25, -0.2) is 19.3 Å². The minimum atomic E-state index is -1.58. The SMILES string of the molecule is CCOC(=O)C(C(=O)OCC)n1cnc2c(cnn2-c2cccc(Cl)c2)c1=O. The van der Waals surface area contributed by atoms with Gasteiger partial charge < -0.3 is 9.47 Å². The minimum absolute atomic E-state index is 0.0475. The number of carbonyl (C=O) groups is 2. The molecule has 0 fully saturated rings. The molecule has 0 unspecified atom stereocenters. The summed E-state index contributed by atoms with van der Waals surface area (Å²) in [6.45, 7) is 3.29. The number of benzene rings is 1. The van der Waals surface area contributed by atoms with Crippen LogP contribution >= 0.6 is 11.6 Å². The van der Waals surface area contributed by atoms with Gasteiger partial charge in [-0.3, -0.25) is 9.36 Å². The fourth-order valence-electron chi connectivity index (χ4n) is 2.67. The van der Waals surface area contributed by atoms with E-state index in [-0.39, 0.29) is 24.2 Å². The van der Waals surface area contributed by atoms with Gasteiger partial charge >= 0.3 is 11.9 Å². The van der Waals surface area contributed by atoms with Crippen LogP contribution in [0.3, 0.4) is 0 Å². The lowest BCUT2D eigenvalue weighted by Gasteiger charge is -2.16. The molecular formula is C18H17ClN4O5. The Bertz CT molecular complexity index is 1070. The quantitative estimate of drug-likeness (QED) is 0.456. The van der Waals surface area contributed by atoms with Crippen molar-refractivity contribution in [3.63, 3.8) is 0 Å². The molecule has 0 bridgehead atoms. The average molecular weight is 405 g/mol. The summed E-state index contributed by atoms with van der Waals surface area (Å²) >= 11 is 6.01. The van der Waals surface area contributed by atoms with E-state index in [0.29, 0.717) is 10.7 Å². The van der Waals surface area contributed by atoms with Crippen molar-refractivity contribution >= 4 is 34.6 Å². The highest BCUT2D eigenvalue weighted by Gasteiger charge is 2.33. The van der Waals surface area contributed by atoms with Gasteiger partial charge in [0.2, 0.25) is 6.04 Å². The molecule has 9 nitrogen and oxygen atoms in total. The van der Waals surface area contributed by atoms with Crippen LogP contribution in [0.4, 0.5) is 0 Å². The van der Waals surface area contributed by atoms with Gasteiger partial charge in [-0.2, -0.15) is 5.10 Å². The minimum Gasteiger partial charge on any atom is -0.464 e. The van der Waals surface area contributed by atoms with Crippen molar-refractivity contribution in [3.8, 4) is 5.69 Å². The summed E-state index contributed by atoms with van der Waals surface area (Å²) in [5.74, 6) is -1.79. The van der Waals surface area contributed by atoms with Crippen LogP contribution in [0.1, 0.15) is 19.9 Å². The van der Waals surface area contributed by atoms with Crippen LogP contribution in [0.2, 0.25) is 5.02 Å². The molecule has 0 radical (unpaired) electrons. The second-order valence-corrected chi connectivity index (χ2v) is 6.07. The summed E-state index contributed by atoms with van der Waals surface area (Å²) in [7, 11) is 0. The van der Waals surface area contributed by atoms with E-state index < -0.39 is 23.5 Å². The number of rotatable bonds is 6. The molecule has 28 heavy (non-hydrogen) atoms. The number of halogens is 1. The van der Waals surface area contributed by atoms with Crippen LogP contribution in [0.5, 0.6) is 0 Å². The smallest absolute Gasteiger partial charge is 0.341 e. The van der Waals surface area contributed by atoms with E-state index in [4.69, 9.17) is 21.1 Å². The molecule has 0 aliphatic carbocycles. The van der Waals surface area contributed by atoms with Gasteiger partial charge in [0, 0.05) is 5.02 Å². The number of hydrogen-bond acceptors (Lipinski definition) is 7. The Morgan fingerprint density at radius 3 is 2.46 bits per heavy atom. The Kier molecular flexibility index (Phi) is 5.74. The fraction of sp³-hybridized carbons (Fsp3) is 0.278. The van der Waals surface area contributed by atoms with Gasteiger partial charge in [0.25, 0.3) is 5.56 Å². The van der Waals surface area contributed by atoms with Crippen molar-refractivity contribution in [2.45, 2.75) is 19.9 Å². The lowest BCUT2D eigenvalue weighted by molar-refractivity contribution is -0.160. The Balaban J connectivity index is 2.12. The van der Waals surface area contributed by atoms with E-state index in [9.17, 15) is 14.4 Å². The summed E-state index contributed by atoms with van der Waals surface area (Å²) in [5, 5.41) is 4.81. The lowest BCUT2D eigenvalue weighted by atomic mass is 10.2. The van der Waals surface area contributed by atoms with E-state index in [0.717, 1.165) is 10.9 Å². The largest absolute Gasteiger partial charge is 0.464 e. The molecule has 0 amide bonds. The number of carbonyl (C=O) groups excluding carboxylic acids is 2. The van der Waals surface area contributed by atoms with E-state index >= 15 is 0 Å². The first kappa shape index (κ1) is 19.6. The maximum Gasteiger partial charge on any atom is 0.341 e. The van der Waals surface area contributed by atoms with Crippen molar-refractivity contribution in [3.05, 3.63) is 52.2 Å². The predicted octanol–water partition coefficient (Wildman–Crippen LogP) is 1.90. The molecule has 0 spiro atoms. The molecular weight excluding hydrogens is 388 g/mol. The highest BCUT2D eigenvalue weighted by molar-refractivity contribution is 6.30. The monoisotopic (exact) mass is 404 g/mol. The summed E-state index contributed by atoms with van der Waals surface area (Å²) in [6.07, 6.45) is 2.42. The van der Waals surface area contributed by atoms with Crippen LogP contribution in [0.15, 0.2) is 41.6 Å². The molecule has 0 aliphatic heterocycles. The zero-order valence-corrected chi connectivity index (χ0v) is 15.9. The highest BCUT2D eigenvalue weighted by Crippen LogP contribution is 2.18. The molecule has 10 heteroatoms. The summed E-state index contributed by atoms with van der Waals surface area (Å²) in [5.41, 5.74) is 0.249. The second-order valence-electron chi connectivity index (χ2n) is 5.64. The van der Waals surface area contributed by atoms with Gasteiger partial charge in [-0.1, -0.05) is 17.7 Å². The van der Waals surface area contributed by atoms with E-state index in [2.05, 4.69) is 10.1 Å². The third-order valence-corrected chi connectivity index (χ3v) is 4.10. The normalized spacial score (nSPS) is 11.0. The van der Waals surface area contributed by atoms with E-state index in [1.54, 1.807) is 38.1 Å². The number of fused-ring (bicyclic) bond motifs is 1. The Morgan fingerprint density at radius 1 is 1.18 bits per heavy atom. The Morgan fingerprint density at radius 2 is 1.86 bits per heavy atom. The number of esters is 2. The van der Waals surface area contributed by atoms with Gasteiger partial charge in [0.15, 0.2) is 5.65 Å². The van der Waals surface area contributed by atoms with Crippen LogP contribution in [-0.2, 0) is 19.1 Å². The van der Waals surface area contributed by atoms with Crippen LogP contribution in [0, 0.1) is 0 Å². The third-order valence-electron chi connectivity index (χ3n) is 3.86. The third kappa shape index (κ3) is 3.61. The number of aromatic nitrogens is 4. The molecule has 3 rings (SSSR count). The van der Waals surface area contributed by atoms with Crippen LogP contribution in [-0.4, -0.2) is 44.5 Å². The second kappa shape index (κ2) is 8.22. The number of nitrogens with zero attached hydrogens (tertiary/aromatic N) is 4. The first-order valence-electron chi connectivity index (χ1n) is 8.52. The van der Waals surface area contributed by atoms with Crippen molar-refractivity contribution in [2.75, 3.05) is 13.2 Å². The van der Waals surface area contributed by atoms with Crippen molar-refractivity contribution in [1.29, 1.82) is 0 Å². The van der Waals surface area contributed by atoms with Crippen molar-refractivity contribution in [2.24, 2.45) is 0 Å². The van der Waals surface area contributed by atoms with Crippen molar-refractivity contribution in [1.82, 2.24) is 19.3 Å². The Hall–Kier alpha value is -3.20. The summed E-state index contributed by atoms with van der Waals surface area (Å²) < 4.78 is 12.2. The first-order valence-corrected chi connectivity index (χ1v) is 8.89. The van der Waals surface area contributed by atoms with Gasteiger partial charge in [0.05, 0.1) is 25.1 Å². The molecule has 3 aromatic rings. The summed E-state index contributed by atoms with van der Waals surface area (Å²) in [6, 6.07) is 5.29. The van der Waals surface area contributed by atoms with Gasteiger partial charge in [0.1, 0.15) is 11.7 Å². The van der Waals surface area contributed by atoms with Gasteiger partial charge in [-0.15, -0.1) is 0 Å². The molecule has 146 valence electrons. The first-order chi connectivity index (χ1) is 13.5. The standard InChI is InChI=1S/C18H17ClN4O5/c1-3-27-17(25)14(18(26)28-4-2)22-10-20-15-13(16(22)24)9-21-23(15)12-7-5-6-11(19)8-12/h5-10,14H,3-4H2,1-2H3. The number of hydrogen-bond donors (Lipinski definition) is 0. The van der Waals surface area contributed by atoms with Crippen molar-refractivity contribution < 1.29 is 19.1 Å². The molecule has 0 N–H and O–H groups in total. The molecule has 2 heterocycles. The van der Waals surface area contributed by atoms with Crippen LogP contribution in [0.25, 0.3) is 16.7 Å². The maximum absolute atomic E-state index is 12.9.